The van der Waals surface area contributed by atoms with Gasteiger partial charge in [-0.1, -0.05) is 31.4 Å². The third-order valence-corrected chi connectivity index (χ3v) is 4.79. The maximum absolute atomic E-state index is 12.4. The largest absolute Gasteiger partial charge is 0.508 e. The van der Waals surface area contributed by atoms with Crippen LogP contribution < -0.4 is 0 Å². The molecule has 1 amide bonds. The number of carbonyl (C=O) groups excluding carboxylic acids is 1. The first-order valence-electron chi connectivity index (χ1n) is 8.16. The van der Waals surface area contributed by atoms with Crippen LogP contribution in [-0.4, -0.2) is 39.7 Å². The summed E-state index contributed by atoms with van der Waals surface area (Å²) in [6.07, 6.45) is 5.61. The molecular formula is C18H27NO3. The Kier molecular flexibility index (Phi) is 5.46. The van der Waals surface area contributed by atoms with Crippen molar-refractivity contribution in [3.63, 3.8) is 0 Å². The molecule has 1 fully saturated rings. The Morgan fingerprint density at radius 3 is 2.41 bits per heavy atom. The Labute approximate surface area is 132 Å². The monoisotopic (exact) mass is 305 g/mol. The lowest BCUT2D eigenvalue weighted by Gasteiger charge is -2.34. The van der Waals surface area contributed by atoms with Gasteiger partial charge in [-0.05, 0) is 43.9 Å². The normalized spacial score (nSPS) is 18.7. The average molecular weight is 305 g/mol. The van der Waals surface area contributed by atoms with Crippen molar-refractivity contribution in [1.29, 1.82) is 0 Å². The summed E-state index contributed by atoms with van der Waals surface area (Å²) < 4.78 is 0. The number of aromatic hydroxyl groups is 1. The molecule has 0 aliphatic heterocycles. The minimum atomic E-state index is -0.804. The summed E-state index contributed by atoms with van der Waals surface area (Å²) in [6.45, 7) is 2.01. The zero-order chi connectivity index (χ0) is 16.2. The lowest BCUT2D eigenvalue weighted by molar-refractivity contribution is -0.138. The Morgan fingerprint density at radius 2 is 1.82 bits per heavy atom. The van der Waals surface area contributed by atoms with Gasteiger partial charge in [0.2, 0.25) is 5.91 Å². The molecule has 1 aliphatic carbocycles. The number of aliphatic hydroxyl groups is 1. The van der Waals surface area contributed by atoms with Crippen molar-refractivity contribution in [2.75, 3.05) is 7.05 Å². The van der Waals surface area contributed by atoms with Crippen LogP contribution in [0.1, 0.15) is 51.0 Å². The fourth-order valence-corrected chi connectivity index (χ4v) is 3.15. The number of carbonyl (C=O) groups is 1. The highest BCUT2D eigenvalue weighted by molar-refractivity contribution is 5.77. The third kappa shape index (κ3) is 4.47. The summed E-state index contributed by atoms with van der Waals surface area (Å²) in [5.41, 5.74) is 0.281. The van der Waals surface area contributed by atoms with E-state index in [-0.39, 0.29) is 24.1 Å². The zero-order valence-electron chi connectivity index (χ0n) is 13.6. The van der Waals surface area contributed by atoms with Gasteiger partial charge in [0.1, 0.15) is 5.75 Å². The van der Waals surface area contributed by atoms with E-state index in [4.69, 9.17) is 0 Å². The molecule has 0 spiro atoms. The van der Waals surface area contributed by atoms with Crippen LogP contribution in [0.4, 0.5) is 0 Å². The van der Waals surface area contributed by atoms with Gasteiger partial charge in [0.05, 0.1) is 12.0 Å². The van der Waals surface area contributed by atoms with E-state index in [1.54, 1.807) is 24.1 Å². The summed E-state index contributed by atoms with van der Waals surface area (Å²) in [5.74, 6) is 0.260. The van der Waals surface area contributed by atoms with Crippen LogP contribution in [0.3, 0.4) is 0 Å². The van der Waals surface area contributed by atoms with Crippen molar-refractivity contribution in [2.24, 2.45) is 0 Å². The molecule has 1 aliphatic rings. The number of hydrogen-bond acceptors (Lipinski definition) is 3. The second-order valence-corrected chi connectivity index (χ2v) is 6.69. The Balaban J connectivity index is 1.90. The van der Waals surface area contributed by atoms with Crippen LogP contribution >= 0.6 is 0 Å². The highest BCUT2D eigenvalue weighted by atomic mass is 16.3. The van der Waals surface area contributed by atoms with Crippen molar-refractivity contribution in [3.8, 4) is 5.75 Å². The minimum Gasteiger partial charge on any atom is -0.508 e. The number of rotatable bonds is 5. The van der Waals surface area contributed by atoms with E-state index in [1.165, 1.54) is 0 Å². The van der Waals surface area contributed by atoms with Gasteiger partial charge in [-0.3, -0.25) is 4.79 Å². The second kappa shape index (κ2) is 7.14. The van der Waals surface area contributed by atoms with Gasteiger partial charge < -0.3 is 15.1 Å². The van der Waals surface area contributed by atoms with E-state index in [0.29, 0.717) is 0 Å². The van der Waals surface area contributed by atoms with Gasteiger partial charge in [-0.25, -0.2) is 0 Å². The number of hydrogen-bond donors (Lipinski definition) is 2. The maximum atomic E-state index is 12.4. The van der Waals surface area contributed by atoms with Crippen molar-refractivity contribution >= 4 is 5.91 Å². The molecule has 4 heteroatoms. The Bertz CT molecular complexity index is 492. The number of phenols is 1. The molecule has 1 atom stereocenters. The molecule has 1 unspecified atom stereocenters. The summed E-state index contributed by atoms with van der Waals surface area (Å²) in [5, 5.41) is 19.8. The van der Waals surface area contributed by atoms with Crippen LogP contribution in [0.5, 0.6) is 5.75 Å². The molecule has 0 radical (unpaired) electrons. The molecule has 1 aromatic carbocycles. The van der Waals surface area contributed by atoms with Crippen LogP contribution in [0.15, 0.2) is 24.3 Å². The van der Waals surface area contributed by atoms with E-state index < -0.39 is 5.60 Å². The molecule has 2 N–H and O–H groups in total. The first kappa shape index (κ1) is 16.8. The Hall–Kier alpha value is -1.55. The van der Waals surface area contributed by atoms with E-state index in [2.05, 4.69) is 0 Å². The summed E-state index contributed by atoms with van der Waals surface area (Å²) in [7, 11) is 1.81. The highest BCUT2D eigenvalue weighted by Gasteiger charge is 2.33. The van der Waals surface area contributed by atoms with E-state index in [9.17, 15) is 15.0 Å². The van der Waals surface area contributed by atoms with Gasteiger partial charge in [0.15, 0.2) is 0 Å². The van der Waals surface area contributed by atoms with E-state index in [0.717, 1.165) is 44.1 Å². The Morgan fingerprint density at radius 1 is 1.23 bits per heavy atom. The van der Waals surface area contributed by atoms with Gasteiger partial charge >= 0.3 is 0 Å². The summed E-state index contributed by atoms with van der Waals surface area (Å²) >= 11 is 0. The van der Waals surface area contributed by atoms with E-state index in [1.807, 2.05) is 19.1 Å². The first-order chi connectivity index (χ1) is 10.4. The molecule has 1 saturated carbocycles. The first-order valence-corrected chi connectivity index (χ1v) is 8.16. The maximum Gasteiger partial charge on any atom is 0.225 e. The quantitative estimate of drug-likeness (QED) is 0.879. The molecular weight excluding hydrogens is 278 g/mol. The van der Waals surface area contributed by atoms with Crippen molar-refractivity contribution < 1.29 is 15.0 Å². The molecule has 0 saturated heterocycles. The SMILES string of the molecule is CC(Cc1ccc(O)cc1)N(C)C(=O)CC1(O)CCCCC1. The number of phenolic OH excluding ortho intramolecular Hbond substituents is 1. The third-order valence-electron chi connectivity index (χ3n) is 4.79. The van der Waals surface area contributed by atoms with Gasteiger partial charge in [-0.2, -0.15) is 0 Å². The number of benzene rings is 1. The predicted molar refractivity (Wildman–Crippen MR) is 86.7 cm³/mol. The standard InChI is InChI=1S/C18H27NO3/c1-14(12-15-6-8-16(20)9-7-15)19(2)17(21)13-18(22)10-4-3-5-11-18/h6-9,14,20,22H,3-5,10-13H2,1-2H3. The van der Waals surface area contributed by atoms with E-state index >= 15 is 0 Å². The molecule has 0 bridgehead atoms. The fourth-order valence-electron chi connectivity index (χ4n) is 3.15. The van der Waals surface area contributed by atoms with Crippen LogP contribution in [-0.2, 0) is 11.2 Å². The molecule has 22 heavy (non-hydrogen) atoms. The highest BCUT2D eigenvalue weighted by Crippen LogP contribution is 2.31. The van der Waals surface area contributed by atoms with Gasteiger partial charge in [-0.15, -0.1) is 0 Å². The van der Waals surface area contributed by atoms with Crippen LogP contribution in [0, 0.1) is 0 Å². The second-order valence-electron chi connectivity index (χ2n) is 6.69. The lowest BCUT2D eigenvalue weighted by atomic mass is 9.82. The molecule has 2 rings (SSSR count). The van der Waals surface area contributed by atoms with Crippen LogP contribution in [0.25, 0.3) is 0 Å². The lowest BCUT2D eigenvalue weighted by Crippen LogP contribution is -2.42. The van der Waals surface area contributed by atoms with Crippen molar-refractivity contribution in [1.82, 2.24) is 4.90 Å². The smallest absolute Gasteiger partial charge is 0.225 e. The molecule has 0 heterocycles. The molecule has 4 nitrogen and oxygen atoms in total. The fraction of sp³-hybridized carbons (Fsp3) is 0.611. The number of amides is 1. The predicted octanol–water partition coefficient (Wildman–Crippen LogP) is 2.87. The molecule has 0 aromatic heterocycles. The van der Waals surface area contributed by atoms with Crippen molar-refractivity contribution in [3.05, 3.63) is 29.8 Å². The number of likely N-dealkylation sites (N-methyl/N-ethyl adjacent to an activating group) is 1. The molecule has 1 aromatic rings. The average Bonchev–Trinajstić information content (AvgIpc) is 2.49. The minimum absolute atomic E-state index is 0.00989. The topological polar surface area (TPSA) is 60.8 Å². The van der Waals surface area contributed by atoms with Gasteiger partial charge in [0, 0.05) is 13.1 Å². The number of nitrogens with zero attached hydrogens (tertiary/aromatic N) is 1. The summed E-state index contributed by atoms with van der Waals surface area (Å²) in [6, 6.07) is 7.13. The van der Waals surface area contributed by atoms with Gasteiger partial charge in [0.25, 0.3) is 0 Å². The summed E-state index contributed by atoms with van der Waals surface area (Å²) in [4.78, 5) is 14.2. The van der Waals surface area contributed by atoms with Crippen LogP contribution in [0.2, 0.25) is 0 Å². The molecule has 122 valence electrons. The zero-order valence-corrected chi connectivity index (χ0v) is 13.6. The van der Waals surface area contributed by atoms with Crippen molar-refractivity contribution in [2.45, 2.75) is 63.5 Å².